The molecular formula is C21H22N2O4. The van der Waals surface area contributed by atoms with Crippen molar-refractivity contribution < 1.29 is 14.3 Å². The van der Waals surface area contributed by atoms with Gasteiger partial charge >= 0.3 is 5.97 Å². The lowest BCUT2D eigenvalue weighted by atomic mass is 10.2. The minimum atomic E-state index is -0.470. The van der Waals surface area contributed by atoms with Gasteiger partial charge in [0, 0.05) is 12.3 Å². The summed E-state index contributed by atoms with van der Waals surface area (Å²) in [6.07, 6.45) is 3.72. The number of unbranched alkanes of at least 4 members (excludes halogenated alkanes) is 1. The zero-order chi connectivity index (χ0) is 19.2. The van der Waals surface area contributed by atoms with Gasteiger partial charge in [0.1, 0.15) is 18.0 Å². The second kappa shape index (κ2) is 8.49. The number of benzene rings is 1. The van der Waals surface area contributed by atoms with Gasteiger partial charge in [-0.05, 0) is 49.2 Å². The molecule has 6 heteroatoms. The fourth-order valence-corrected chi connectivity index (χ4v) is 2.63. The van der Waals surface area contributed by atoms with E-state index in [9.17, 15) is 9.59 Å². The molecule has 6 nitrogen and oxygen atoms in total. The third-order valence-electron chi connectivity index (χ3n) is 4.15. The molecule has 0 saturated heterocycles. The maximum atomic E-state index is 12.2. The molecule has 0 amide bonds. The van der Waals surface area contributed by atoms with E-state index in [4.69, 9.17) is 9.47 Å². The van der Waals surface area contributed by atoms with E-state index in [0.29, 0.717) is 23.5 Å². The molecule has 0 N–H and O–H groups in total. The van der Waals surface area contributed by atoms with Gasteiger partial charge in [0.2, 0.25) is 0 Å². The highest BCUT2D eigenvalue weighted by Crippen LogP contribution is 2.14. The van der Waals surface area contributed by atoms with Gasteiger partial charge in [-0.25, -0.2) is 9.78 Å². The van der Waals surface area contributed by atoms with Gasteiger partial charge in [0.25, 0.3) is 5.56 Å². The molecule has 0 aliphatic rings. The number of carbonyl (C=O) groups is 1. The molecule has 0 unspecified atom stereocenters. The van der Waals surface area contributed by atoms with Crippen LogP contribution in [0.4, 0.5) is 0 Å². The number of ether oxygens (including phenoxy) is 2. The molecule has 27 heavy (non-hydrogen) atoms. The van der Waals surface area contributed by atoms with Gasteiger partial charge < -0.3 is 9.47 Å². The van der Waals surface area contributed by atoms with Crippen LogP contribution in [-0.4, -0.2) is 22.0 Å². The Balaban J connectivity index is 1.66. The van der Waals surface area contributed by atoms with Crippen LogP contribution in [0.1, 0.15) is 41.4 Å². The first-order valence-corrected chi connectivity index (χ1v) is 8.96. The van der Waals surface area contributed by atoms with Crippen molar-refractivity contribution in [3.8, 4) is 5.75 Å². The maximum Gasteiger partial charge on any atom is 0.338 e. The summed E-state index contributed by atoms with van der Waals surface area (Å²) >= 11 is 0. The van der Waals surface area contributed by atoms with E-state index in [1.807, 2.05) is 13.0 Å². The Morgan fingerprint density at radius 3 is 2.70 bits per heavy atom. The third-order valence-corrected chi connectivity index (χ3v) is 4.15. The van der Waals surface area contributed by atoms with Gasteiger partial charge in [-0.3, -0.25) is 9.20 Å². The number of carbonyl (C=O) groups excluding carboxylic acids is 1. The van der Waals surface area contributed by atoms with E-state index >= 15 is 0 Å². The molecule has 0 radical (unpaired) electrons. The lowest BCUT2D eigenvalue weighted by Gasteiger charge is -2.08. The molecule has 140 valence electrons. The monoisotopic (exact) mass is 366 g/mol. The van der Waals surface area contributed by atoms with E-state index in [1.165, 1.54) is 10.5 Å². The molecule has 1 aromatic carbocycles. The summed E-state index contributed by atoms with van der Waals surface area (Å²) in [6.45, 7) is 4.57. The van der Waals surface area contributed by atoms with Crippen LogP contribution in [0.2, 0.25) is 0 Å². The van der Waals surface area contributed by atoms with E-state index in [2.05, 4.69) is 11.9 Å². The summed E-state index contributed by atoms with van der Waals surface area (Å²) in [5, 5.41) is 0. The van der Waals surface area contributed by atoms with Crippen molar-refractivity contribution in [2.24, 2.45) is 0 Å². The minimum absolute atomic E-state index is 0.0618. The number of pyridine rings is 1. The van der Waals surface area contributed by atoms with Crippen LogP contribution < -0.4 is 10.3 Å². The highest BCUT2D eigenvalue weighted by Gasteiger charge is 2.10. The number of aromatic nitrogens is 2. The Kier molecular flexibility index (Phi) is 5.86. The van der Waals surface area contributed by atoms with E-state index < -0.39 is 5.97 Å². The molecule has 0 spiro atoms. The molecule has 2 aromatic heterocycles. The zero-order valence-electron chi connectivity index (χ0n) is 15.5. The van der Waals surface area contributed by atoms with Gasteiger partial charge in [-0.2, -0.15) is 0 Å². The number of hydrogen-bond acceptors (Lipinski definition) is 5. The van der Waals surface area contributed by atoms with Crippen LogP contribution in [0.15, 0.2) is 53.5 Å². The first-order valence-electron chi connectivity index (χ1n) is 8.96. The molecule has 0 fully saturated rings. The van der Waals surface area contributed by atoms with Crippen molar-refractivity contribution in [2.75, 3.05) is 6.61 Å². The quantitative estimate of drug-likeness (QED) is 0.472. The molecule has 0 bridgehead atoms. The lowest BCUT2D eigenvalue weighted by Crippen LogP contribution is -2.17. The van der Waals surface area contributed by atoms with Crippen LogP contribution in [-0.2, 0) is 11.3 Å². The maximum absolute atomic E-state index is 12.2. The number of esters is 1. The van der Waals surface area contributed by atoms with E-state index in [0.717, 1.165) is 24.2 Å². The van der Waals surface area contributed by atoms with Gasteiger partial charge in [0.05, 0.1) is 17.9 Å². The standard InChI is InChI=1S/C21H22N2O4/c1-3-4-12-26-18-9-7-16(8-10-18)21(25)27-14-17-13-19(24)23-11-5-6-15(2)20(23)22-17/h5-11,13H,3-4,12,14H2,1-2H3. The van der Waals surface area contributed by atoms with Crippen LogP contribution in [0.25, 0.3) is 5.65 Å². The molecular weight excluding hydrogens is 344 g/mol. The highest BCUT2D eigenvalue weighted by molar-refractivity contribution is 5.89. The molecule has 0 saturated carbocycles. The van der Waals surface area contributed by atoms with Crippen LogP contribution in [0.5, 0.6) is 5.75 Å². The summed E-state index contributed by atoms with van der Waals surface area (Å²) in [5.41, 5.74) is 2.07. The molecule has 3 aromatic rings. The topological polar surface area (TPSA) is 69.9 Å². The van der Waals surface area contributed by atoms with Gasteiger partial charge in [-0.1, -0.05) is 19.4 Å². The minimum Gasteiger partial charge on any atom is -0.494 e. The Bertz CT molecular complexity index is 993. The lowest BCUT2D eigenvalue weighted by molar-refractivity contribution is 0.0467. The van der Waals surface area contributed by atoms with Crippen LogP contribution in [0.3, 0.4) is 0 Å². The van der Waals surface area contributed by atoms with Crippen molar-refractivity contribution in [1.29, 1.82) is 0 Å². The Labute approximate surface area is 157 Å². The summed E-state index contributed by atoms with van der Waals surface area (Å²) < 4.78 is 12.4. The third kappa shape index (κ3) is 4.53. The largest absolute Gasteiger partial charge is 0.494 e. The van der Waals surface area contributed by atoms with E-state index in [-0.39, 0.29) is 12.2 Å². The fraction of sp³-hybridized carbons (Fsp3) is 0.286. The van der Waals surface area contributed by atoms with Gasteiger partial charge in [0.15, 0.2) is 0 Å². The predicted octanol–water partition coefficient (Wildman–Crippen LogP) is 3.54. The Morgan fingerprint density at radius 2 is 1.96 bits per heavy atom. The number of rotatable bonds is 7. The zero-order valence-corrected chi connectivity index (χ0v) is 15.5. The predicted molar refractivity (Wildman–Crippen MR) is 102 cm³/mol. The average molecular weight is 366 g/mol. The summed E-state index contributed by atoms with van der Waals surface area (Å²) in [5.74, 6) is 0.251. The first kappa shape index (κ1) is 18.6. The summed E-state index contributed by atoms with van der Waals surface area (Å²) in [6, 6.07) is 11.9. The fourth-order valence-electron chi connectivity index (χ4n) is 2.63. The van der Waals surface area contributed by atoms with Crippen molar-refractivity contribution in [2.45, 2.75) is 33.3 Å². The van der Waals surface area contributed by atoms with Gasteiger partial charge in [-0.15, -0.1) is 0 Å². The van der Waals surface area contributed by atoms with Crippen molar-refractivity contribution >= 4 is 11.6 Å². The van der Waals surface area contributed by atoms with Crippen LogP contribution in [0, 0.1) is 6.92 Å². The molecule has 0 aliphatic carbocycles. The highest BCUT2D eigenvalue weighted by atomic mass is 16.5. The first-order chi connectivity index (χ1) is 13.1. The molecule has 2 heterocycles. The average Bonchev–Trinajstić information content (AvgIpc) is 2.68. The molecule has 0 atom stereocenters. The normalized spacial score (nSPS) is 10.7. The SMILES string of the molecule is CCCCOc1ccc(C(=O)OCc2cc(=O)n3cccc(C)c3n2)cc1. The van der Waals surface area contributed by atoms with Crippen LogP contribution >= 0.6 is 0 Å². The number of hydrogen-bond donors (Lipinski definition) is 0. The number of aryl methyl sites for hydroxylation is 1. The Hall–Kier alpha value is -3.15. The number of fused-ring (bicyclic) bond motifs is 1. The van der Waals surface area contributed by atoms with Crippen molar-refractivity contribution in [1.82, 2.24) is 9.38 Å². The van der Waals surface area contributed by atoms with Crippen molar-refractivity contribution in [3.63, 3.8) is 0 Å². The summed E-state index contributed by atoms with van der Waals surface area (Å²) in [4.78, 5) is 28.8. The smallest absolute Gasteiger partial charge is 0.338 e. The Morgan fingerprint density at radius 1 is 1.19 bits per heavy atom. The second-order valence-corrected chi connectivity index (χ2v) is 6.27. The van der Waals surface area contributed by atoms with Crippen molar-refractivity contribution in [3.05, 3.63) is 75.8 Å². The molecule has 3 rings (SSSR count). The van der Waals surface area contributed by atoms with E-state index in [1.54, 1.807) is 36.5 Å². The number of nitrogens with zero attached hydrogens (tertiary/aromatic N) is 2. The summed E-state index contributed by atoms with van der Waals surface area (Å²) in [7, 11) is 0. The second-order valence-electron chi connectivity index (χ2n) is 6.27. The molecule has 0 aliphatic heterocycles.